The summed E-state index contributed by atoms with van der Waals surface area (Å²) in [5, 5.41) is 9.65. The number of aliphatic hydroxyl groups is 1. The minimum atomic E-state index is -4.07. The summed E-state index contributed by atoms with van der Waals surface area (Å²) in [6.07, 6.45) is 3.04. The number of aliphatic hydroxyl groups excluding tert-OH is 1. The molecule has 0 fully saturated rings. The number of imidazole rings is 1. The summed E-state index contributed by atoms with van der Waals surface area (Å²) in [7, 11) is -5.29. The zero-order chi connectivity index (χ0) is 26.2. The Morgan fingerprint density at radius 2 is 1.83 bits per heavy atom. The predicted molar refractivity (Wildman–Crippen MR) is 130 cm³/mol. The lowest BCUT2D eigenvalue weighted by Gasteiger charge is -2.23. The molecular weight excluding hydrogens is 501 g/mol. The Balaban J connectivity index is 2.26. The second-order valence-corrected chi connectivity index (χ2v) is 12.9. The van der Waals surface area contributed by atoms with Crippen molar-refractivity contribution in [3.63, 3.8) is 0 Å². The van der Waals surface area contributed by atoms with Crippen LogP contribution in [0.15, 0.2) is 35.5 Å². The maximum Gasteiger partial charge on any atom is 0.232 e. The van der Waals surface area contributed by atoms with Crippen LogP contribution in [-0.2, 0) is 19.9 Å². The highest BCUT2D eigenvalue weighted by atomic mass is 32.2. The first-order valence-electron chi connectivity index (χ1n) is 10.6. The number of nitrogens with one attached hydrogen (secondary N) is 1. The van der Waals surface area contributed by atoms with Crippen LogP contribution in [0.1, 0.15) is 27.2 Å². The summed E-state index contributed by atoms with van der Waals surface area (Å²) in [5.41, 5.74) is 0.717. The minimum absolute atomic E-state index is 0.0325. The van der Waals surface area contributed by atoms with E-state index in [-0.39, 0.29) is 33.4 Å². The average molecular weight is 530 g/mol. The Bertz CT molecular complexity index is 1470. The first kappa shape index (κ1) is 26.7. The van der Waals surface area contributed by atoms with E-state index in [4.69, 9.17) is 9.47 Å². The molecule has 0 bridgehead atoms. The SMILES string of the molecule is CCCS(=O)(=O)Nc1cc(-c2cnc3cc(OC)c(S(=O)(=O)C(C)(C)CO)cn23)cc(F)c1OC. The number of ether oxygens (including phenoxy) is 2. The largest absolute Gasteiger partial charge is 0.495 e. The number of fused-ring (bicyclic) bond motifs is 1. The van der Waals surface area contributed by atoms with Gasteiger partial charge in [0.05, 0.1) is 48.9 Å². The number of sulfone groups is 1. The Labute approximate surface area is 203 Å². The molecule has 0 saturated heterocycles. The van der Waals surface area contributed by atoms with Gasteiger partial charge in [-0.15, -0.1) is 0 Å². The number of nitrogens with zero attached hydrogens (tertiary/aromatic N) is 2. The standard InChI is InChI=1S/C22H28FN3O7S2/c1-6-7-34(28,29)25-16-9-14(8-15(23)21(16)33-5)17-11-24-20-10-18(32-4)19(12-26(17)20)35(30,31)22(2,3)13-27/h8-12,25,27H,6-7,13H2,1-5H3. The van der Waals surface area contributed by atoms with E-state index in [1.54, 1.807) is 6.92 Å². The fraction of sp³-hybridized carbons (Fsp3) is 0.409. The molecular formula is C22H28FN3O7S2. The van der Waals surface area contributed by atoms with Crippen molar-refractivity contribution >= 4 is 31.2 Å². The van der Waals surface area contributed by atoms with Crippen molar-refractivity contribution in [2.24, 2.45) is 0 Å². The van der Waals surface area contributed by atoms with E-state index in [1.165, 1.54) is 57.0 Å². The van der Waals surface area contributed by atoms with Crippen LogP contribution >= 0.6 is 0 Å². The molecule has 3 rings (SSSR count). The van der Waals surface area contributed by atoms with Crippen LogP contribution in [-0.4, -0.2) is 62.7 Å². The number of sulfonamides is 1. The summed E-state index contributed by atoms with van der Waals surface area (Å²) >= 11 is 0. The number of halogens is 1. The monoisotopic (exact) mass is 529 g/mol. The molecule has 0 aliphatic carbocycles. The van der Waals surface area contributed by atoms with Gasteiger partial charge in [-0.2, -0.15) is 0 Å². The highest BCUT2D eigenvalue weighted by molar-refractivity contribution is 7.93. The number of aromatic nitrogens is 2. The maximum absolute atomic E-state index is 14.9. The normalized spacial score (nSPS) is 12.7. The molecule has 0 unspecified atom stereocenters. The molecule has 10 nitrogen and oxygen atoms in total. The molecule has 13 heteroatoms. The van der Waals surface area contributed by atoms with E-state index in [0.29, 0.717) is 17.8 Å². The first-order chi connectivity index (χ1) is 16.3. The van der Waals surface area contributed by atoms with Crippen molar-refractivity contribution in [3.8, 4) is 22.8 Å². The Kier molecular flexibility index (Phi) is 7.34. The van der Waals surface area contributed by atoms with Crippen LogP contribution < -0.4 is 14.2 Å². The summed E-state index contributed by atoms with van der Waals surface area (Å²) in [4.78, 5) is 4.07. The summed E-state index contributed by atoms with van der Waals surface area (Å²) in [5.74, 6) is -1.24. The number of methoxy groups -OCH3 is 2. The smallest absolute Gasteiger partial charge is 0.232 e. The molecule has 0 atom stereocenters. The second-order valence-electron chi connectivity index (χ2n) is 8.46. The molecule has 0 spiro atoms. The number of benzene rings is 1. The van der Waals surface area contributed by atoms with Crippen molar-refractivity contribution in [1.82, 2.24) is 9.38 Å². The molecule has 0 saturated carbocycles. The summed E-state index contributed by atoms with van der Waals surface area (Å²) < 4.78 is 78.7. The molecule has 0 radical (unpaired) electrons. The first-order valence-corrected chi connectivity index (χ1v) is 13.7. The highest BCUT2D eigenvalue weighted by Gasteiger charge is 2.38. The average Bonchev–Trinajstić information content (AvgIpc) is 3.20. The Morgan fingerprint density at radius 3 is 2.40 bits per heavy atom. The van der Waals surface area contributed by atoms with Gasteiger partial charge in [0, 0.05) is 17.8 Å². The Hall–Kier alpha value is -2.90. The van der Waals surface area contributed by atoms with Crippen molar-refractivity contribution in [3.05, 3.63) is 36.4 Å². The molecule has 2 aromatic heterocycles. The molecule has 3 aromatic rings. The fourth-order valence-corrected chi connectivity index (χ4v) is 6.00. The molecule has 0 amide bonds. The van der Waals surface area contributed by atoms with E-state index in [9.17, 15) is 26.3 Å². The van der Waals surface area contributed by atoms with Gasteiger partial charge in [0.15, 0.2) is 21.4 Å². The van der Waals surface area contributed by atoms with Crippen molar-refractivity contribution in [1.29, 1.82) is 0 Å². The lowest BCUT2D eigenvalue weighted by molar-refractivity contribution is 0.257. The maximum atomic E-state index is 14.9. The molecule has 0 aliphatic rings. The lowest BCUT2D eigenvalue weighted by Crippen LogP contribution is -2.36. The molecule has 2 heterocycles. The summed E-state index contributed by atoms with van der Waals surface area (Å²) in [6.45, 7) is 3.84. The van der Waals surface area contributed by atoms with Crippen LogP contribution in [0.2, 0.25) is 0 Å². The van der Waals surface area contributed by atoms with Gasteiger partial charge in [-0.3, -0.25) is 9.12 Å². The molecule has 35 heavy (non-hydrogen) atoms. The number of anilines is 1. The van der Waals surface area contributed by atoms with Crippen LogP contribution in [0, 0.1) is 5.82 Å². The third-order valence-electron chi connectivity index (χ3n) is 5.47. The predicted octanol–water partition coefficient (Wildman–Crippen LogP) is 2.85. The molecule has 0 aliphatic heterocycles. The van der Waals surface area contributed by atoms with Crippen LogP contribution in [0.4, 0.5) is 10.1 Å². The van der Waals surface area contributed by atoms with Gasteiger partial charge in [0.25, 0.3) is 0 Å². The van der Waals surface area contributed by atoms with Crippen LogP contribution in [0.3, 0.4) is 0 Å². The van der Waals surface area contributed by atoms with Gasteiger partial charge in [0.1, 0.15) is 16.3 Å². The topological polar surface area (TPSA) is 136 Å². The third kappa shape index (κ3) is 4.93. The fourth-order valence-electron chi connectivity index (χ4n) is 3.46. The second kappa shape index (κ2) is 9.63. The van der Waals surface area contributed by atoms with Gasteiger partial charge in [-0.1, -0.05) is 6.92 Å². The van der Waals surface area contributed by atoms with E-state index >= 15 is 0 Å². The number of rotatable bonds is 10. The number of hydrogen-bond donors (Lipinski definition) is 2. The lowest BCUT2D eigenvalue weighted by atomic mass is 10.1. The van der Waals surface area contributed by atoms with Gasteiger partial charge < -0.3 is 14.6 Å². The van der Waals surface area contributed by atoms with Crippen molar-refractivity contribution in [2.75, 3.05) is 31.3 Å². The third-order valence-corrected chi connectivity index (χ3v) is 9.42. The Morgan fingerprint density at radius 1 is 1.14 bits per heavy atom. The quantitative estimate of drug-likeness (QED) is 0.409. The van der Waals surface area contributed by atoms with Crippen molar-refractivity contribution < 1.29 is 35.8 Å². The van der Waals surface area contributed by atoms with E-state index in [0.717, 1.165) is 6.07 Å². The molecule has 192 valence electrons. The zero-order valence-electron chi connectivity index (χ0n) is 20.0. The van der Waals surface area contributed by atoms with Crippen LogP contribution in [0.25, 0.3) is 16.9 Å². The van der Waals surface area contributed by atoms with Gasteiger partial charge in [0.2, 0.25) is 10.0 Å². The van der Waals surface area contributed by atoms with Gasteiger partial charge in [-0.05, 0) is 32.4 Å². The number of hydrogen-bond acceptors (Lipinski definition) is 8. The van der Waals surface area contributed by atoms with E-state index < -0.39 is 37.0 Å². The number of pyridine rings is 1. The van der Waals surface area contributed by atoms with Crippen LogP contribution in [0.5, 0.6) is 11.5 Å². The zero-order valence-corrected chi connectivity index (χ0v) is 21.6. The van der Waals surface area contributed by atoms with E-state index in [1.807, 2.05) is 0 Å². The van der Waals surface area contributed by atoms with Gasteiger partial charge >= 0.3 is 0 Å². The minimum Gasteiger partial charge on any atom is -0.495 e. The summed E-state index contributed by atoms with van der Waals surface area (Å²) in [6, 6.07) is 3.93. The highest BCUT2D eigenvalue weighted by Crippen LogP contribution is 2.37. The molecule has 1 aromatic carbocycles. The van der Waals surface area contributed by atoms with E-state index in [2.05, 4.69) is 9.71 Å². The van der Waals surface area contributed by atoms with Gasteiger partial charge in [-0.25, -0.2) is 26.2 Å². The molecule has 2 N–H and O–H groups in total. The van der Waals surface area contributed by atoms with Crippen molar-refractivity contribution in [2.45, 2.75) is 36.8 Å².